The Labute approximate surface area is 114 Å². The summed E-state index contributed by atoms with van der Waals surface area (Å²) in [5.74, 6) is -1.18. The molecule has 0 radical (unpaired) electrons. The third-order valence-corrected chi connectivity index (χ3v) is 4.25. The Balaban J connectivity index is 2.45. The van der Waals surface area contributed by atoms with Gasteiger partial charge in [0.05, 0.1) is 6.54 Å². The Morgan fingerprint density at radius 3 is 2.53 bits per heavy atom. The smallest absolute Gasteiger partial charge is 0.337 e. The molecular weight excluding hydrogens is 246 g/mol. The molecule has 2 atom stereocenters. The van der Waals surface area contributed by atoms with E-state index in [2.05, 4.69) is 19.2 Å². The Kier molecular flexibility index (Phi) is 4.96. The lowest BCUT2D eigenvalue weighted by molar-refractivity contribution is -0.156. The predicted molar refractivity (Wildman–Crippen MR) is 71.6 cm³/mol. The van der Waals surface area contributed by atoms with Gasteiger partial charge in [0.1, 0.15) is 0 Å². The molecule has 5 nitrogen and oxygen atoms in total. The van der Waals surface area contributed by atoms with E-state index >= 15 is 0 Å². The zero-order valence-electron chi connectivity index (χ0n) is 12.0. The molecule has 19 heavy (non-hydrogen) atoms. The fourth-order valence-electron chi connectivity index (χ4n) is 2.59. The van der Waals surface area contributed by atoms with Crippen LogP contribution in [0.1, 0.15) is 52.9 Å². The first kappa shape index (κ1) is 16.0. The van der Waals surface area contributed by atoms with Gasteiger partial charge in [-0.2, -0.15) is 0 Å². The van der Waals surface area contributed by atoms with Crippen molar-refractivity contribution in [3.63, 3.8) is 0 Å². The maximum absolute atomic E-state index is 11.9. The van der Waals surface area contributed by atoms with Crippen molar-refractivity contribution >= 4 is 11.9 Å². The number of rotatable bonds is 5. The molecule has 1 aliphatic rings. The second-order valence-corrected chi connectivity index (χ2v) is 6.49. The Hall–Kier alpha value is -1.10. The number of aliphatic carboxylic acids is 1. The number of carbonyl (C=O) groups is 2. The summed E-state index contributed by atoms with van der Waals surface area (Å²) in [5.41, 5.74) is -1.75. The molecule has 1 fully saturated rings. The third-order valence-electron chi connectivity index (χ3n) is 4.25. The highest BCUT2D eigenvalue weighted by Crippen LogP contribution is 2.42. The Bertz CT molecular complexity index is 349. The van der Waals surface area contributed by atoms with Gasteiger partial charge in [-0.3, -0.25) is 4.79 Å². The minimum atomic E-state index is -1.91. The van der Waals surface area contributed by atoms with E-state index in [9.17, 15) is 14.7 Å². The predicted octanol–water partition coefficient (Wildman–Crippen LogP) is 1.54. The molecule has 110 valence electrons. The second-order valence-electron chi connectivity index (χ2n) is 6.49. The molecule has 0 spiro atoms. The van der Waals surface area contributed by atoms with E-state index in [1.54, 1.807) is 0 Å². The van der Waals surface area contributed by atoms with Crippen molar-refractivity contribution in [1.29, 1.82) is 0 Å². The van der Waals surface area contributed by atoms with Crippen molar-refractivity contribution in [2.24, 2.45) is 11.3 Å². The Morgan fingerprint density at radius 2 is 2.00 bits per heavy atom. The molecular formula is C14H25NO4. The fourth-order valence-corrected chi connectivity index (χ4v) is 2.59. The number of hydrogen-bond acceptors (Lipinski definition) is 3. The number of carboxylic acids is 1. The molecule has 5 heteroatoms. The summed E-state index contributed by atoms with van der Waals surface area (Å²) < 4.78 is 0. The van der Waals surface area contributed by atoms with Crippen LogP contribution >= 0.6 is 0 Å². The van der Waals surface area contributed by atoms with E-state index in [1.807, 2.05) is 0 Å². The van der Waals surface area contributed by atoms with E-state index in [0.717, 1.165) is 19.3 Å². The average molecular weight is 271 g/mol. The van der Waals surface area contributed by atoms with Crippen molar-refractivity contribution in [2.75, 3.05) is 6.54 Å². The van der Waals surface area contributed by atoms with Gasteiger partial charge in [-0.15, -0.1) is 0 Å². The monoisotopic (exact) mass is 271 g/mol. The number of nitrogens with one attached hydrogen (secondary N) is 1. The van der Waals surface area contributed by atoms with Crippen LogP contribution in [-0.2, 0) is 9.59 Å². The number of amides is 1. The van der Waals surface area contributed by atoms with Gasteiger partial charge in [-0.05, 0) is 31.1 Å². The molecule has 3 N–H and O–H groups in total. The third kappa shape index (κ3) is 4.49. The Morgan fingerprint density at radius 1 is 1.37 bits per heavy atom. The maximum Gasteiger partial charge on any atom is 0.337 e. The zero-order chi connectivity index (χ0) is 14.7. The quantitative estimate of drug-likeness (QED) is 0.708. The van der Waals surface area contributed by atoms with Crippen LogP contribution in [-0.4, -0.2) is 34.2 Å². The molecule has 1 rings (SSSR count). The van der Waals surface area contributed by atoms with Crippen LogP contribution in [0.5, 0.6) is 0 Å². The normalized spacial score (nSPS) is 25.4. The lowest BCUT2D eigenvalue weighted by Crippen LogP contribution is -2.47. The summed E-state index contributed by atoms with van der Waals surface area (Å²) in [7, 11) is 0. The van der Waals surface area contributed by atoms with Gasteiger partial charge in [0.2, 0.25) is 5.91 Å². The second kappa shape index (κ2) is 5.90. The summed E-state index contributed by atoms with van der Waals surface area (Å²) in [5, 5.41) is 20.8. The van der Waals surface area contributed by atoms with Crippen LogP contribution in [0.4, 0.5) is 0 Å². The van der Waals surface area contributed by atoms with Crippen LogP contribution in [0.3, 0.4) is 0 Å². The van der Waals surface area contributed by atoms with E-state index in [4.69, 9.17) is 5.11 Å². The topological polar surface area (TPSA) is 86.6 Å². The first-order valence-electron chi connectivity index (χ1n) is 6.87. The van der Waals surface area contributed by atoms with Gasteiger partial charge in [0.25, 0.3) is 0 Å². The number of hydrogen-bond donors (Lipinski definition) is 3. The highest BCUT2D eigenvalue weighted by molar-refractivity contribution is 5.80. The highest BCUT2D eigenvalue weighted by atomic mass is 16.4. The van der Waals surface area contributed by atoms with Gasteiger partial charge in [-0.25, -0.2) is 4.79 Å². The largest absolute Gasteiger partial charge is 0.479 e. The van der Waals surface area contributed by atoms with Gasteiger partial charge in [0, 0.05) is 6.42 Å². The summed E-state index contributed by atoms with van der Waals surface area (Å²) in [6.07, 6.45) is 4.92. The van der Waals surface area contributed by atoms with Crippen LogP contribution in [0.2, 0.25) is 0 Å². The molecule has 0 aromatic carbocycles. The van der Waals surface area contributed by atoms with Crippen LogP contribution in [0.25, 0.3) is 0 Å². The number of carboxylic acid groups (broad SMARTS) is 1. The lowest BCUT2D eigenvalue weighted by Gasteiger charge is -2.38. The number of aliphatic hydroxyl groups is 1. The molecule has 0 heterocycles. The minimum Gasteiger partial charge on any atom is -0.479 e. The maximum atomic E-state index is 11.9. The minimum absolute atomic E-state index is 0.158. The van der Waals surface area contributed by atoms with Gasteiger partial charge in [0.15, 0.2) is 5.60 Å². The molecule has 1 aliphatic carbocycles. The standard InChI is InChI=1S/C14H25NO4/c1-13(2)7-5-4-6-10(13)8-11(16)15-9-14(3,19)12(17)18/h10,19H,4-9H2,1-3H3,(H,15,16)(H,17,18). The van der Waals surface area contributed by atoms with Crippen molar-refractivity contribution in [3.05, 3.63) is 0 Å². The van der Waals surface area contributed by atoms with Crippen molar-refractivity contribution in [2.45, 2.75) is 58.5 Å². The first-order chi connectivity index (χ1) is 8.65. The van der Waals surface area contributed by atoms with Crippen molar-refractivity contribution in [1.82, 2.24) is 5.32 Å². The summed E-state index contributed by atoms with van der Waals surface area (Å²) >= 11 is 0. The summed E-state index contributed by atoms with van der Waals surface area (Å²) in [6, 6.07) is 0. The van der Waals surface area contributed by atoms with E-state index < -0.39 is 11.6 Å². The molecule has 1 amide bonds. The summed E-state index contributed by atoms with van der Waals surface area (Å²) in [4.78, 5) is 22.6. The average Bonchev–Trinajstić information content (AvgIpc) is 2.29. The molecule has 0 bridgehead atoms. The molecule has 0 aromatic heterocycles. The molecule has 0 saturated heterocycles. The van der Waals surface area contributed by atoms with Gasteiger partial charge in [-0.1, -0.05) is 26.7 Å². The van der Waals surface area contributed by atoms with Crippen LogP contribution in [0, 0.1) is 11.3 Å². The molecule has 2 unspecified atom stereocenters. The van der Waals surface area contributed by atoms with E-state index in [-0.39, 0.29) is 17.9 Å². The SMILES string of the molecule is CC(O)(CNC(=O)CC1CCCCC1(C)C)C(=O)O. The van der Waals surface area contributed by atoms with Gasteiger partial charge >= 0.3 is 5.97 Å². The highest BCUT2D eigenvalue weighted by Gasteiger charge is 2.34. The van der Waals surface area contributed by atoms with Crippen LogP contribution < -0.4 is 5.32 Å². The molecule has 0 aromatic rings. The molecule has 1 saturated carbocycles. The first-order valence-corrected chi connectivity index (χ1v) is 6.87. The fraction of sp³-hybridized carbons (Fsp3) is 0.857. The van der Waals surface area contributed by atoms with Crippen LogP contribution in [0.15, 0.2) is 0 Å². The zero-order valence-corrected chi connectivity index (χ0v) is 12.0. The molecule has 0 aliphatic heterocycles. The van der Waals surface area contributed by atoms with Crippen molar-refractivity contribution < 1.29 is 19.8 Å². The number of carbonyl (C=O) groups excluding carboxylic acids is 1. The van der Waals surface area contributed by atoms with Gasteiger partial charge < -0.3 is 15.5 Å². The van der Waals surface area contributed by atoms with E-state index in [0.29, 0.717) is 12.3 Å². The van der Waals surface area contributed by atoms with E-state index in [1.165, 1.54) is 13.3 Å². The lowest BCUT2D eigenvalue weighted by atomic mass is 9.67. The van der Waals surface area contributed by atoms with Crippen molar-refractivity contribution in [3.8, 4) is 0 Å². The summed E-state index contributed by atoms with van der Waals surface area (Å²) in [6.45, 7) is 5.28.